The van der Waals surface area contributed by atoms with Crippen LogP contribution in [-0.2, 0) is 33.8 Å². The van der Waals surface area contributed by atoms with Crippen molar-refractivity contribution in [1.82, 2.24) is 25.1 Å². The molecule has 1 N–H and O–H groups in total. The van der Waals surface area contributed by atoms with Crippen molar-refractivity contribution in [3.8, 4) is 0 Å². The van der Waals surface area contributed by atoms with E-state index < -0.39 is 0 Å². The van der Waals surface area contributed by atoms with E-state index in [1.54, 1.807) is 0 Å². The molecule has 1 amide bonds. The molecule has 252 valence electrons. The predicted molar refractivity (Wildman–Crippen MR) is 189 cm³/mol. The number of hydrogen-bond donors (Lipinski definition) is 1. The molecule has 0 aliphatic carbocycles. The van der Waals surface area contributed by atoms with E-state index in [1.807, 2.05) is 25.4 Å². The number of hydrogen-bond acceptors (Lipinski definition) is 8. The average Bonchev–Trinajstić information content (AvgIpc) is 4.03. The van der Waals surface area contributed by atoms with Gasteiger partial charge < -0.3 is 14.4 Å². The minimum Gasteiger partial charge on any atom is -0.351 e. The summed E-state index contributed by atoms with van der Waals surface area (Å²) in [6.07, 6.45) is 8.57. The van der Waals surface area contributed by atoms with Crippen molar-refractivity contribution in [2.24, 2.45) is 4.99 Å². The molecule has 4 heterocycles. The maximum atomic E-state index is 14.1. The number of carbonyl (C=O) groups is 1. The fourth-order valence-electron chi connectivity index (χ4n) is 7.46. The Morgan fingerprint density at radius 2 is 1.75 bits per heavy atom. The highest BCUT2D eigenvalue weighted by Gasteiger charge is 2.60. The number of hydrazine groups is 1. The van der Waals surface area contributed by atoms with Crippen molar-refractivity contribution >= 4 is 18.2 Å². The summed E-state index contributed by atoms with van der Waals surface area (Å²) >= 11 is 0. The van der Waals surface area contributed by atoms with Gasteiger partial charge >= 0.3 is 0 Å². The van der Waals surface area contributed by atoms with Crippen LogP contribution >= 0.6 is 0 Å². The number of ether oxygens (including phenoxy) is 2. The Hall–Kier alpha value is -3.70. The molecule has 3 aromatic carbocycles. The molecule has 0 aromatic heterocycles. The van der Waals surface area contributed by atoms with Gasteiger partial charge in [-0.15, -0.1) is 0 Å². The normalized spacial score (nSPS) is 27.2. The van der Waals surface area contributed by atoms with Crippen molar-refractivity contribution in [3.05, 3.63) is 113 Å². The average molecular weight is 649 g/mol. The third-order valence-electron chi connectivity index (χ3n) is 9.82. The molecule has 4 unspecified atom stereocenters. The second-order valence-electron chi connectivity index (χ2n) is 13.2. The van der Waals surface area contributed by atoms with Gasteiger partial charge in [-0.2, -0.15) is 0 Å². The minimum absolute atomic E-state index is 0.0531. The molecule has 0 radical (unpaired) electrons. The first-order valence-corrected chi connectivity index (χ1v) is 17.5. The van der Waals surface area contributed by atoms with Crippen LogP contribution in [0.15, 0.2) is 89.9 Å². The zero-order valence-electron chi connectivity index (χ0n) is 28.3. The summed E-state index contributed by atoms with van der Waals surface area (Å²) in [5, 5.41) is 8.19. The van der Waals surface area contributed by atoms with E-state index in [-0.39, 0.29) is 42.9 Å². The Balaban J connectivity index is 1.18. The van der Waals surface area contributed by atoms with Gasteiger partial charge in [-0.05, 0) is 41.5 Å². The Morgan fingerprint density at radius 3 is 2.48 bits per heavy atom. The lowest BCUT2D eigenvalue weighted by Crippen LogP contribution is -2.56. The molecule has 0 bridgehead atoms. The van der Waals surface area contributed by atoms with Crippen LogP contribution in [0.25, 0.3) is 6.08 Å². The van der Waals surface area contributed by atoms with Gasteiger partial charge in [0.15, 0.2) is 12.5 Å². The van der Waals surface area contributed by atoms with E-state index in [4.69, 9.17) is 9.47 Å². The first-order chi connectivity index (χ1) is 23.6. The van der Waals surface area contributed by atoms with Gasteiger partial charge in [-0.25, -0.2) is 10.0 Å². The van der Waals surface area contributed by atoms with Crippen molar-refractivity contribution < 1.29 is 14.3 Å². The number of rotatable bonds is 14. The van der Waals surface area contributed by atoms with E-state index >= 15 is 0 Å². The van der Waals surface area contributed by atoms with Gasteiger partial charge in [0, 0.05) is 45.0 Å². The van der Waals surface area contributed by atoms with Gasteiger partial charge in [0.05, 0.1) is 12.6 Å². The molecule has 48 heavy (non-hydrogen) atoms. The summed E-state index contributed by atoms with van der Waals surface area (Å²) in [6, 6.07) is 27.3. The number of fused-ring (bicyclic) bond motifs is 2. The number of allylic oxidation sites excluding steroid dienone is 1. The molecule has 6 atom stereocenters. The van der Waals surface area contributed by atoms with Crippen LogP contribution in [0.2, 0.25) is 0 Å². The standard InChI is InChI=1S/C39H48N6O3/c1-4-6-18-30-19-13-20-31(32(30)24-40-3)25-42-26-34-44(43(21-5-2)39-37(48-39)41-23-29-16-11-8-12-17-29)27-35(46)45(34)33(36-38(42)47-36)22-28-14-9-7-10-15-28/h6-20,24,33-34,36-39,41H,4-5,21-23,25-27H2,1-3H3/b18-6+,40-24?/t33-,34+,36?,37?,38?,39?/m0/s1. The Bertz CT molecular complexity index is 1600. The second-order valence-corrected chi connectivity index (χ2v) is 13.2. The molecule has 0 spiro atoms. The maximum absolute atomic E-state index is 14.1. The SMILES string of the molecule is CC/C=C/c1cccc(CN2C[C@H]3N(C(=O)CN3N(CCC)C3OC3NCc3ccccc3)[C@@H](Cc3ccccc3)C3OC32)c1C=NC. The van der Waals surface area contributed by atoms with Crippen LogP contribution in [0, 0.1) is 0 Å². The highest BCUT2D eigenvalue weighted by Crippen LogP contribution is 2.42. The van der Waals surface area contributed by atoms with Crippen molar-refractivity contribution in [3.63, 3.8) is 0 Å². The number of nitrogens with zero attached hydrogens (tertiary/aromatic N) is 5. The minimum atomic E-state index is -0.139. The molecule has 9 nitrogen and oxygen atoms in total. The zero-order chi connectivity index (χ0) is 33.0. The van der Waals surface area contributed by atoms with E-state index in [0.29, 0.717) is 19.6 Å². The lowest BCUT2D eigenvalue weighted by Gasteiger charge is -2.39. The summed E-state index contributed by atoms with van der Waals surface area (Å²) in [5.41, 5.74) is 5.94. The first kappa shape index (κ1) is 32.8. The van der Waals surface area contributed by atoms with Crippen molar-refractivity contribution in [2.45, 2.75) is 83.2 Å². The third-order valence-corrected chi connectivity index (χ3v) is 9.82. The Morgan fingerprint density at radius 1 is 0.979 bits per heavy atom. The maximum Gasteiger partial charge on any atom is 0.240 e. The van der Waals surface area contributed by atoms with Crippen LogP contribution in [0.3, 0.4) is 0 Å². The van der Waals surface area contributed by atoms with Crippen molar-refractivity contribution in [2.75, 3.05) is 26.7 Å². The van der Waals surface area contributed by atoms with Gasteiger partial charge in [0.1, 0.15) is 18.5 Å². The number of nitrogens with one attached hydrogen (secondary N) is 1. The van der Waals surface area contributed by atoms with Crippen molar-refractivity contribution in [1.29, 1.82) is 0 Å². The number of amides is 1. The topological polar surface area (TPSA) is 79.5 Å². The van der Waals surface area contributed by atoms with Crippen LogP contribution < -0.4 is 5.32 Å². The van der Waals surface area contributed by atoms with Gasteiger partial charge in [0.25, 0.3) is 0 Å². The number of benzene rings is 3. The third kappa shape index (κ3) is 7.03. The zero-order valence-corrected chi connectivity index (χ0v) is 28.3. The summed E-state index contributed by atoms with van der Waals surface area (Å²) in [4.78, 5) is 23.1. The highest BCUT2D eigenvalue weighted by atomic mass is 16.6. The Kier molecular flexibility index (Phi) is 10.1. The largest absolute Gasteiger partial charge is 0.351 e. The molecule has 4 aliphatic rings. The van der Waals surface area contributed by atoms with E-state index in [9.17, 15) is 4.79 Å². The highest BCUT2D eigenvalue weighted by molar-refractivity contribution is 5.87. The second kappa shape index (κ2) is 14.8. The van der Waals surface area contributed by atoms with E-state index in [2.05, 4.69) is 123 Å². The Labute approximate surface area is 284 Å². The summed E-state index contributed by atoms with van der Waals surface area (Å²) in [6.45, 7) is 7.59. The molecule has 4 aliphatic heterocycles. The predicted octanol–water partition coefficient (Wildman–Crippen LogP) is 4.88. The molecule has 3 aromatic rings. The summed E-state index contributed by atoms with van der Waals surface area (Å²) in [5.74, 6) is 0.151. The van der Waals surface area contributed by atoms with Crippen LogP contribution in [-0.4, -0.2) is 95.6 Å². The lowest BCUT2D eigenvalue weighted by atomic mass is 10.00. The number of aliphatic imine (C=N–C) groups is 1. The van der Waals surface area contributed by atoms with Crippen LogP contribution in [0.4, 0.5) is 0 Å². The molecular formula is C39H48N6O3. The molecule has 7 rings (SSSR count). The van der Waals surface area contributed by atoms with Gasteiger partial charge in [-0.3, -0.25) is 20.0 Å². The fourth-order valence-corrected chi connectivity index (χ4v) is 7.46. The molecule has 4 saturated heterocycles. The molecule has 0 saturated carbocycles. The smallest absolute Gasteiger partial charge is 0.240 e. The lowest BCUT2D eigenvalue weighted by molar-refractivity contribution is -0.132. The monoisotopic (exact) mass is 648 g/mol. The van der Waals surface area contributed by atoms with E-state index in [1.165, 1.54) is 22.3 Å². The quantitative estimate of drug-likeness (QED) is 0.197. The number of carbonyl (C=O) groups excluding carboxylic acids is 1. The summed E-state index contributed by atoms with van der Waals surface area (Å²) in [7, 11) is 1.83. The molecular weight excluding hydrogens is 600 g/mol. The molecule has 4 fully saturated rings. The first-order valence-electron chi connectivity index (χ1n) is 17.5. The van der Waals surface area contributed by atoms with Crippen LogP contribution in [0.1, 0.15) is 54.5 Å². The molecule has 9 heteroatoms. The fraction of sp³-hybridized carbons (Fsp3) is 0.436. The number of epoxide rings is 2. The summed E-state index contributed by atoms with van der Waals surface area (Å²) < 4.78 is 12.7. The van der Waals surface area contributed by atoms with E-state index in [0.717, 1.165) is 37.9 Å². The van der Waals surface area contributed by atoms with Crippen LogP contribution in [0.5, 0.6) is 0 Å². The van der Waals surface area contributed by atoms with Gasteiger partial charge in [-0.1, -0.05) is 105 Å². The van der Waals surface area contributed by atoms with Gasteiger partial charge in [0.2, 0.25) is 5.91 Å².